The van der Waals surface area contributed by atoms with Crippen molar-refractivity contribution in [3.63, 3.8) is 0 Å². The molecule has 1 fully saturated rings. The molecule has 1 aromatic rings. The van der Waals surface area contributed by atoms with E-state index in [1.54, 1.807) is 6.07 Å². The summed E-state index contributed by atoms with van der Waals surface area (Å²) in [5.74, 6) is -0.277. The van der Waals surface area contributed by atoms with Crippen molar-refractivity contribution in [1.29, 1.82) is 0 Å². The molecule has 1 heterocycles. The standard InChI is InChI=1S/C11H14N2O2/c1-11(2)6-8(11)13-9-5-7(10(14)15)3-4-12-9/h3-5,8H,6H2,1-2H3,(H,12,13)(H,14,15). The summed E-state index contributed by atoms with van der Waals surface area (Å²) < 4.78 is 0. The lowest BCUT2D eigenvalue weighted by Gasteiger charge is -2.07. The Labute approximate surface area is 88.3 Å². The van der Waals surface area contributed by atoms with E-state index in [2.05, 4.69) is 24.1 Å². The van der Waals surface area contributed by atoms with Gasteiger partial charge >= 0.3 is 5.97 Å². The number of carboxylic acids is 1. The van der Waals surface area contributed by atoms with Crippen molar-refractivity contribution >= 4 is 11.8 Å². The molecule has 0 aliphatic heterocycles. The number of hydrogen-bond donors (Lipinski definition) is 2. The first-order valence-electron chi connectivity index (χ1n) is 4.95. The molecule has 80 valence electrons. The predicted octanol–water partition coefficient (Wildman–Crippen LogP) is 1.99. The van der Waals surface area contributed by atoms with Crippen LogP contribution in [0.4, 0.5) is 5.82 Å². The average Bonchev–Trinajstić information content (AvgIpc) is 2.74. The van der Waals surface area contributed by atoms with E-state index in [1.165, 1.54) is 12.3 Å². The molecule has 0 aromatic carbocycles. The van der Waals surface area contributed by atoms with Gasteiger partial charge in [0.15, 0.2) is 0 Å². The largest absolute Gasteiger partial charge is 0.478 e. The van der Waals surface area contributed by atoms with Crippen LogP contribution in [0.15, 0.2) is 18.3 Å². The van der Waals surface area contributed by atoms with Gasteiger partial charge in [-0.2, -0.15) is 0 Å². The Hall–Kier alpha value is -1.58. The summed E-state index contributed by atoms with van der Waals surface area (Å²) in [5, 5.41) is 12.0. The molecule has 0 saturated heterocycles. The van der Waals surface area contributed by atoms with E-state index < -0.39 is 5.97 Å². The molecule has 1 atom stereocenters. The number of pyridine rings is 1. The number of aromatic nitrogens is 1. The van der Waals surface area contributed by atoms with E-state index in [1.807, 2.05) is 0 Å². The topological polar surface area (TPSA) is 62.2 Å². The molecule has 4 heteroatoms. The zero-order chi connectivity index (χ0) is 11.1. The molecule has 4 nitrogen and oxygen atoms in total. The van der Waals surface area contributed by atoms with Crippen molar-refractivity contribution in [1.82, 2.24) is 4.98 Å². The van der Waals surface area contributed by atoms with Crippen LogP contribution in [0.1, 0.15) is 30.6 Å². The summed E-state index contributed by atoms with van der Waals surface area (Å²) in [7, 11) is 0. The Morgan fingerprint density at radius 1 is 1.67 bits per heavy atom. The van der Waals surface area contributed by atoms with Crippen LogP contribution in [0.5, 0.6) is 0 Å². The molecule has 0 amide bonds. The van der Waals surface area contributed by atoms with Gasteiger partial charge in [-0.15, -0.1) is 0 Å². The monoisotopic (exact) mass is 206 g/mol. The lowest BCUT2D eigenvalue weighted by Crippen LogP contribution is -2.10. The van der Waals surface area contributed by atoms with Gasteiger partial charge < -0.3 is 10.4 Å². The molecule has 0 spiro atoms. The summed E-state index contributed by atoms with van der Waals surface area (Å²) in [6.45, 7) is 4.34. The lowest BCUT2D eigenvalue weighted by molar-refractivity contribution is 0.0697. The van der Waals surface area contributed by atoms with Crippen LogP contribution in [0.25, 0.3) is 0 Å². The fourth-order valence-electron chi connectivity index (χ4n) is 1.53. The lowest BCUT2D eigenvalue weighted by atomic mass is 10.2. The number of rotatable bonds is 3. The van der Waals surface area contributed by atoms with Gasteiger partial charge in [-0.25, -0.2) is 9.78 Å². The van der Waals surface area contributed by atoms with E-state index in [4.69, 9.17) is 5.11 Å². The normalized spacial score (nSPS) is 22.1. The first-order valence-corrected chi connectivity index (χ1v) is 4.95. The predicted molar refractivity (Wildman–Crippen MR) is 57.0 cm³/mol. The first kappa shape index (κ1) is 9.96. The van der Waals surface area contributed by atoms with Crippen LogP contribution >= 0.6 is 0 Å². The van der Waals surface area contributed by atoms with Gasteiger partial charge in [0, 0.05) is 12.2 Å². The maximum Gasteiger partial charge on any atom is 0.335 e. The van der Waals surface area contributed by atoms with E-state index in [9.17, 15) is 4.79 Å². The molecule has 2 N–H and O–H groups in total. The Kier molecular flexibility index (Phi) is 2.14. The van der Waals surface area contributed by atoms with Crippen molar-refractivity contribution < 1.29 is 9.90 Å². The molecule has 1 saturated carbocycles. The molecule has 1 aromatic heterocycles. The Balaban J connectivity index is 2.09. The molecule has 1 unspecified atom stereocenters. The van der Waals surface area contributed by atoms with Crippen LogP contribution in [0.3, 0.4) is 0 Å². The summed E-state index contributed by atoms with van der Waals surface area (Å²) in [4.78, 5) is 14.8. The SMILES string of the molecule is CC1(C)CC1Nc1cc(C(=O)O)ccn1. The highest BCUT2D eigenvalue weighted by Gasteiger charge is 2.45. The number of hydrogen-bond acceptors (Lipinski definition) is 3. The van der Waals surface area contributed by atoms with Crippen LogP contribution in [0, 0.1) is 5.41 Å². The van der Waals surface area contributed by atoms with Crippen molar-refractivity contribution in [2.45, 2.75) is 26.3 Å². The van der Waals surface area contributed by atoms with Gasteiger partial charge in [0.25, 0.3) is 0 Å². The van der Waals surface area contributed by atoms with Crippen molar-refractivity contribution in [2.75, 3.05) is 5.32 Å². The first-order chi connectivity index (χ1) is 6.99. The summed E-state index contributed by atoms with van der Waals surface area (Å²) in [6, 6.07) is 3.47. The van der Waals surface area contributed by atoms with Gasteiger partial charge in [-0.05, 0) is 24.0 Å². The molecular formula is C11H14N2O2. The van der Waals surface area contributed by atoms with Crippen molar-refractivity contribution in [3.05, 3.63) is 23.9 Å². The van der Waals surface area contributed by atoms with E-state index in [0.717, 1.165) is 6.42 Å². The number of anilines is 1. The van der Waals surface area contributed by atoms with Crippen LogP contribution in [-0.2, 0) is 0 Å². The van der Waals surface area contributed by atoms with Gasteiger partial charge in [0.05, 0.1) is 5.56 Å². The highest BCUT2D eigenvalue weighted by molar-refractivity contribution is 5.88. The molecule has 0 radical (unpaired) electrons. The minimum Gasteiger partial charge on any atom is -0.478 e. The minimum atomic E-state index is -0.921. The van der Waals surface area contributed by atoms with Crippen LogP contribution in [0.2, 0.25) is 0 Å². The molecule has 0 bridgehead atoms. The molecular weight excluding hydrogens is 192 g/mol. The number of nitrogens with one attached hydrogen (secondary N) is 1. The van der Waals surface area contributed by atoms with E-state index >= 15 is 0 Å². The average molecular weight is 206 g/mol. The zero-order valence-corrected chi connectivity index (χ0v) is 8.82. The third-order valence-corrected chi connectivity index (χ3v) is 2.84. The number of carboxylic acid groups (broad SMARTS) is 1. The van der Waals surface area contributed by atoms with Gasteiger partial charge in [0.2, 0.25) is 0 Å². The van der Waals surface area contributed by atoms with Gasteiger partial charge in [0.1, 0.15) is 5.82 Å². The Morgan fingerprint density at radius 3 is 2.87 bits per heavy atom. The summed E-state index contributed by atoms with van der Waals surface area (Å²) in [6.07, 6.45) is 2.62. The van der Waals surface area contributed by atoms with Crippen LogP contribution < -0.4 is 5.32 Å². The molecule has 2 rings (SSSR count). The fraction of sp³-hybridized carbons (Fsp3) is 0.455. The highest BCUT2D eigenvalue weighted by Crippen LogP contribution is 2.46. The zero-order valence-electron chi connectivity index (χ0n) is 8.82. The highest BCUT2D eigenvalue weighted by atomic mass is 16.4. The van der Waals surface area contributed by atoms with Gasteiger partial charge in [-0.1, -0.05) is 13.8 Å². The number of nitrogens with zero attached hydrogens (tertiary/aromatic N) is 1. The molecule has 1 aliphatic rings. The van der Waals surface area contributed by atoms with Crippen LogP contribution in [-0.4, -0.2) is 22.1 Å². The van der Waals surface area contributed by atoms with Crippen molar-refractivity contribution in [3.8, 4) is 0 Å². The number of carbonyl (C=O) groups is 1. The van der Waals surface area contributed by atoms with E-state index in [-0.39, 0.29) is 5.56 Å². The maximum absolute atomic E-state index is 10.7. The fourth-order valence-corrected chi connectivity index (χ4v) is 1.53. The Morgan fingerprint density at radius 2 is 2.33 bits per heavy atom. The maximum atomic E-state index is 10.7. The second-order valence-corrected chi connectivity index (χ2v) is 4.62. The minimum absolute atomic E-state index is 0.269. The quantitative estimate of drug-likeness (QED) is 0.793. The number of aromatic carboxylic acids is 1. The summed E-state index contributed by atoms with van der Waals surface area (Å²) in [5.41, 5.74) is 0.576. The van der Waals surface area contributed by atoms with E-state index in [0.29, 0.717) is 17.3 Å². The van der Waals surface area contributed by atoms with Gasteiger partial charge in [-0.3, -0.25) is 0 Å². The molecule has 15 heavy (non-hydrogen) atoms. The third-order valence-electron chi connectivity index (χ3n) is 2.84. The smallest absolute Gasteiger partial charge is 0.335 e. The Bertz CT molecular complexity index is 401. The van der Waals surface area contributed by atoms with Crippen molar-refractivity contribution in [2.24, 2.45) is 5.41 Å². The second kappa shape index (κ2) is 3.22. The molecule has 1 aliphatic carbocycles. The summed E-state index contributed by atoms with van der Waals surface area (Å²) >= 11 is 0. The second-order valence-electron chi connectivity index (χ2n) is 4.62. The third kappa shape index (κ3) is 2.09.